The van der Waals surface area contributed by atoms with E-state index in [2.05, 4.69) is 20.8 Å². The van der Waals surface area contributed by atoms with E-state index in [-0.39, 0.29) is 53.5 Å². The van der Waals surface area contributed by atoms with Crippen LogP contribution in [-0.4, -0.2) is 123 Å². The van der Waals surface area contributed by atoms with Crippen LogP contribution in [0.1, 0.15) is 76.0 Å². The Balaban J connectivity index is 0.731. The molecule has 0 spiro atoms. The van der Waals surface area contributed by atoms with Gasteiger partial charge in [-0.2, -0.15) is 0 Å². The predicted molar refractivity (Wildman–Crippen MR) is 224 cm³/mol. The Labute approximate surface area is 351 Å². The van der Waals surface area contributed by atoms with Gasteiger partial charge in [0.05, 0.1) is 35.6 Å². The second kappa shape index (κ2) is 17.7. The molecule has 4 aliphatic heterocycles. The molecule has 5 heterocycles. The van der Waals surface area contributed by atoms with Crippen LogP contribution in [0.25, 0.3) is 11.3 Å². The summed E-state index contributed by atoms with van der Waals surface area (Å²) in [6.45, 7) is 3.46. The highest BCUT2D eigenvalue weighted by molar-refractivity contribution is 6.25. The Hall–Kier alpha value is -7.04. The summed E-state index contributed by atoms with van der Waals surface area (Å²) in [5.74, 6) is -1.23. The number of fused-ring (bicyclic) bond motifs is 1. The molecule has 316 valence electrons. The van der Waals surface area contributed by atoms with Gasteiger partial charge in [-0.15, -0.1) is 10.2 Å². The molecule has 3 aromatic carbocycles. The van der Waals surface area contributed by atoms with Crippen LogP contribution in [-0.2, 0) is 14.4 Å². The zero-order chi connectivity index (χ0) is 42.6. The van der Waals surface area contributed by atoms with E-state index in [4.69, 9.17) is 10.5 Å². The number of piperazine rings is 1. The molecule has 8 rings (SSSR count). The molecule has 61 heavy (non-hydrogen) atoms. The number of nitrogens with two attached hydrogens (primary N) is 1. The van der Waals surface area contributed by atoms with Crippen molar-refractivity contribution in [3.8, 4) is 22.8 Å². The normalized spacial score (nSPS) is 17.9. The monoisotopic (exact) mass is 829 g/mol. The van der Waals surface area contributed by atoms with Crippen molar-refractivity contribution in [3.05, 3.63) is 89.5 Å². The van der Waals surface area contributed by atoms with Crippen LogP contribution in [0.2, 0.25) is 0 Å². The summed E-state index contributed by atoms with van der Waals surface area (Å²) in [7, 11) is 0. The second-order valence-corrected chi connectivity index (χ2v) is 15.6. The Morgan fingerprint density at radius 2 is 1.57 bits per heavy atom. The number of unbranched alkanes of at least 4 members (excludes halogenated alkanes) is 3. The third kappa shape index (κ3) is 8.67. The van der Waals surface area contributed by atoms with Crippen molar-refractivity contribution in [2.24, 2.45) is 0 Å². The Kier molecular flexibility index (Phi) is 11.8. The lowest BCUT2D eigenvalue weighted by Gasteiger charge is -2.41. The number of imide groups is 2. The van der Waals surface area contributed by atoms with Gasteiger partial charge >= 0.3 is 0 Å². The molecule has 1 aromatic heterocycles. The van der Waals surface area contributed by atoms with Crippen molar-refractivity contribution in [1.29, 1.82) is 0 Å². The molecule has 17 heteroatoms. The summed E-state index contributed by atoms with van der Waals surface area (Å²) in [5, 5.41) is 24.0. The maximum Gasteiger partial charge on any atom is 0.264 e. The van der Waals surface area contributed by atoms with Crippen LogP contribution in [0.4, 0.5) is 17.2 Å². The number of rotatable bonds is 14. The van der Waals surface area contributed by atoms with E-state index in [0.29, 0.717) is 86.2 Å². The summed E-state index contributed by atoms with van der Waals surface area (Å²) in [6, 6.07) is 19.8. The number of piperidine rings is 1. The minimum absolute atomic E-state index is 0.0595. The van der Waals surface area contributed by atoms with Crippen LogP contribution in [0, 0.1) is 0 Å². The molecule has 3 saturated heterocycles. The fourth-order valence-electron chi connectivity index (χ4n) is 8.21. The number of phenolic OH excluding ortho intramolecular Hbond substituents is 1. The van der Waals surface area contributed by atoms with Gasteiger partial charge in [-0.1, -0.05) is 37.1 Å². The molecule has 17 nitrogen and oxygen atoms in total. The molecular formula is C44H47N9O8. The third-order valence-corrected chi connectivity index (χ3v) is 11.6. The molecule has 6 amide bonds. The van der Waals surface area contributed by atoms with Crippen LogP contribution in [0.5, 0.6) is 11.5 Å². The SMILES string of the molecule is Nc1nnc(-c2ccccc2O)cc1N1CC(Oc2cccc(C(=O)N3CCN(C(=O)CCCCCCNc4cccc5c4C(=O)N(C4CCC(=O)NC4=O)C5=O)CC3)c2)C1. The first-order chi connectivity index (χ1) is 29.5. The van der Waals surface area contributed by atoms with Crippen LogP contribution in [0.3, 0.4) is 0 Å². The average molecular weight is 830 g/mol. The molecule has 0 bridgehead atoms. The van der Waals surface area contributed by atoms with Gasteiger partial charge in [0.2, 0.25) is 17.7 Å². The number of hydrogen-bond donors (Lipinski definition) is 4. The van der Waals surface area contributed by atoms with E-state index in [0.717, 1.165) is 30.6 Å². The molecule has 4 aromatic rings. The highest BCUT2D eigenvalue weighted by atomic mass is 16.5. The van der Waals surface area contributed by atoms with Crippen molar-refractivity contribution in [2.45, 2.75) is 57.1 Å². The quantitative estimate of drug-likeness (QED) is 0.106. The molecular weight excluding hydrogens is 783 g/mol. The maximum atomic E-state index is 13.5. The fourth-order valence-corrected chi connectivity index (χ4v) is 8.21. The number of aromatic nitrogens is 2. The lowest BCUT2D eigenvalue weighted by atomic mass is 10.0. The first kappa shape index (κ1) is 40.7. The van der Waals surface area contributed by atoms with Crippen molar-refractivity contribution < 1.29 is 38.6 Å². The van der Waals surface area contributed by atoms with Gasteiger partial charge in [0.15, 0.2) is 5.82 Å². The van der Waals surface area contributed by atoms with Crippen LogP contribution >= 0.6 is 0 Å². The van der Waals surface area contributed by atoms with E-state index < -0.39 is 29.7 Å². The Morgan fingerprint density at radius 1 is 0.836 bits per heavy atom. The molecule has 3 fully saturated rings. The molecule has 0 aliphatic carbocycles. The van der Waals surface area contributed by atoms with E-state index in [1.54, 1.807) is 65.6 Å². The average Bonchev–Trinajstić information content (AvgIpc) is 3.50. The molecule has 1 atom stereocenters. The minimum atomic E-state index is -1.02. The van der Waals surface area contributed by atoms with Gasteiger partial charge in [0, 0.05) is 62.4 Å². The van der Waals surface area contributed by atoms with Crippen molar-refractivity contribution in [1.82, 2.24) is 30.2 Å². The van der Waals surface area contributed by atoms with Crippen LogP contribution in [0.15, 0.2) is 72.8 Å². The predicted octanol–water partition coefficient (Wildman–Crippen LogP) is 3.45. The molecule has 0 radical (unpaired) electrons. The van der Waals surface area contributed by atoms with Gasteiger partial charge in [-0.25, -0.2) is 0 Å². The summed E-state index contributed by atoms with van der Waals surface area (Å²) >= 11 is 0. The molecule has 5 N–H and O–H groups in total. The van der Waals surface area contributed by atoms with Gasteiger partial charge in [0.25, 0.3) is 17.7 Å². The summed E-state index contributed by atoms with van der Waals surface area (Å²) in [6.07, 6.45) is 3.65. The number of aromatic hydroxyl groups is 1. The smallest absolute Gasteiger partial charge is 0.264 e. The maximum absolute atomic E-state index is 13.5. The fraction of sp³-hybridized carbons (Fsp3) is 0.364. The lowest BCUT2D eigenvalue weighted by molar-refractivity contribution is -0.136. The number of anilines is 3. The number of para-hydroxylation sites is 1. The number of benzene rings is 3. The first-order valence-electron chi connectivity index (χ1n) is 20.6. The molecule has 0 saturated carbocycles. The summed E-state index contributed by atoms with van der Waals surface area (Å²) in [4.78, 5) is 83.5. The van der Waals surface area contributed by atoms with Gasteiger partial charge < -0.3 is 35.6 Å². The van der Waals surface area contributed by atoms with Crippen molar-refractivity contribution >= 4 is 52.6 Å². The zero-order valence-corrected chi connectivity index (χ0v) is 33.5. The number of ether oxygens (including phenoxy) is 1. The Bertz CT molecular complexity index is 2380. The van der Waals surface area contributed by atoms with Gasteiger partial charge in [0.1, 0.15) is 23.6 Å². The highest BCUT2D eigenvalue weighted by Gasteiger charge is 2.45. The number of nitrogen functional groups attached to an aromatic ring is 1. The standard InChI is InChI=1S/C44H47N9O8/c45-40-35(24-33(48-49-40)30-11-4-5-14-36(30)54)52-25-29(26-52)61-28-10-7-9-27(23-28)42(58)51-21-19-50(20-22-51)38(56)15-3-1-2-6-18-46-32-13-8-12-31-39(32)44(60)53(43(31)59)34-16-17-37(55)47-41(34)57/h4-5,7-14,23-24,29,34,46,54H,1-3,6,15-22,25-26H2,(H2,45,49)(H,47,55,57). The van der Waals surface area contributed by atoms with Gasteiger partial charge in [-0.3, -0.25) is 39.0 Å². The Morgan fingerprint density at radius 3 is 2.36 bits per heavy atom. The number of phenols is 1. The number of carbonyl (C=O) groups excluding carboxylic acids is 6. The van der Waals surface area contributed by atoms with E-state index in [9.17, 15) is 33.9 Å². The second-order valence-electron chi connectivity index (χ2n) is 15.6. The highest BCUT2D eigenvalue weighted by Crippen LogP contribution is 2.35. The zero-order valence-electron chi connectivity index (χ0n) is 33.5. The number of nitrogens with one attached hydrogen (secondary N) is 2. The number of nitrogens with zero attached hydrogens (tertiary/aromatic N) is 6. The molecule has 4 aliphatic rings. The number of carbonyl (C=O) groups is 6. The van der Waals surface area contributed by atoms with E-state index in [1.807, 2.05) is 21.9 Å². The lowest BCUT2D eigenvalue weighted by Crippen LogP contribution is -2.54. The largest absolute Gasteiger partial charge is 0.507 e. The minimum Gasteiger partial charge on any atom is -0.507 e. The van der Waals surface area contributed by atoms with E-state index in [1.165, 1.54) is 0 Å². The van der Waals surface area contributed by atoms with E-state index >= 15 is 0 Å². The van der Waals surface area contributed by atoms with Crippen molar-refractivity contribution in [3.63, 3.8) is 0 Å². The topological polar surface area (TPSA) is 221 Å². The third-order valence-electron chi connectivity index (χ3n) is 11.6. The molecule has 1 unspecified atom stereocenters. The summed E-state index contributed by atoms with van der Waals surface area (Å²) < 4.78 is 6.21. The first-order valence-corrected chi connectivity index (χ1v) is 20.6. The number of hydrogen-bond acceptors (Lipinski definition) is 13. The van der Waals surface area contributed by atoms with Gasteiger partial charge in [-0.05, 0) is 67.8 Å². The van der Waals surface area contributed by atoms with Crippen LogP contribution < -0.4 is 26.0 Å². The summed E-state index contributed by atoms with van der Waals surface area (Å²) in [5.41, 5.74) is 9.43. The number of amides is 6. The van der Waals surface area contributed by atoms with Crippen molar-refractivity contribution in [2.75, 3.05) is 61.8 Å².